The molecule has 3 heteroatoms. The van der Waals surface area contributed by atoms with Crippen molar-refractivity contribution >= 4 is 0 Å². The van der Waals surface area contributed by atoms with Gasteiger partial charge in [-0.25, -0.2) is 0 Å². The van der Waals surface area contributed by atoms with Gasteiger partial charge in [-0.2, -0.15) is 0 Å². The van der Waals surface area contributed by atoms with Crippen LogP contribution in [0.15, 0.2) is 0 Å². The van der Waals surface area contributed by atoms with Crippen molar-refractivity contribution in [3.63, 3.8) is 0 Å². The molecule has 1 aliphatic rings. The van der Waals surface area contributed by atoms with Crippen LogP contribution in [0.1, 0.15) is 38.5 Å². The van der Waals surface area contributed by atoms with Crippen LogP contribution in [0.5, 0.6) is 0 Å². The van der Waals surface area contributed by atoms with Gasteiger partial charge in [-0.05, 0) is 38.3 Å². The minimum atomic E-state index is -0.235. The molecule has 0 saturated heterocycles. The zero-order valence-corrected chi connectivity index (χ0v) is 9.26. The molecule has 0 spiro atoms. The minimum absolute atomic E-state index is 0.231. The van der Waals surface area contributed by atoms with Crippen LogP contribution < -0.4 is 11.1 Å². The fraction of sp³-hybridized carbons (Fsp3) is 1.00. The summed E-state index contributed by atoms with van der Waals surface area (Å²) in [6.07, 6.45) is 6.93. The zero-order chi connectivity index (χ0) is 10.4. The lowest BCUT2D eigenvalue weighted by Crippen LogP contribution is -2.38. The van der Waals surface area contributed by atoms with Gasteiger partial charge in [-0.3, -0.25) is 0 Å². The number of hydrogen-bond donors (Lipinski definition) is 3. The van der Waals surface area contributed by atoms with E-state index in [0.29, 0.717) is 6.54 Å². The number of hydrogen-bond acceptors (Lipinski definition) is 3. The van der Waals surface area contributed by atoms with E-state index in [9.17, 15) is 5.11 Å². The minimum Gasteiger partial charge on any atom is -0.392 e. The molecule has 0 aromatic carbocycles. The maximum Gasteiger partial charge on any atom is 0.0670 e. The van der Waals surface area contributed by atoms with Gasteiger partial charge < -0.3 is 16.2 Å². The average molecular weight is 200 g/mol. The van der Waals surface area contributed by atoms with Crippen molar-refractivity contribution in [1.29, 1.82) is 0 Å². The molecule has 0 aromatic heterocycles. The predicted octanol–water partition coefficient (Wildman–Crippen LogP) is 0.866. The van der Waals surface area contributed by atoms with Crippen molar-refractivity contribution in [2.24, 2.45) is 11.1 Å². The normalized spacial score (nSPS) is 23.4. The third-order valence-corrected chi connectivity index (χ3v) is 3.46. The first-order valence-electron chi connectivity index (χ1n) is 5.75. The lowest BCUT2D eigenvalue weighted by molar-refractivity contribution is 0.0754. The highest BCUT2D eigenvalue weighted by molar-refractivity contribution is 4.86. The quantitative estimate of drug-likeness (QED) is 0.617. The Kier molecular flexibility index (Phi) is 4.85. The maximum absolute atomic E-state index is 9.78. The number of aliphatic hydroxyl groups is 1. The van der Waals surface area contributed by atoms with Crippen molar-refractivity contribution in [3.05, 3.63) is 0 Å². The molecule has 1 fully saturated rings. The molecule has 0 bridgehead atoms. The van der Waals surface area contributed by atoms with Crippen LogP contribution in [0.2, 0.25) is 0 Å². The van der Waals surface area contributed by atoms with Gasteiger partial charge in [-0.15, -0.1) is 0 Å². The first-order chi connectivity index (χ1) is 6.72. The molecule has 4 N–H and O–H groups in total. The standard InChI is InChI=1S/C11H24N2O/c1-13-8-10(14)7-11(9-12)5-3-2-4-6-11/h10,13-14H,2-9,12H2,1H3/t10-/m1/s1. The summed E-state index contributed by atoms with van der Waals surface area (Å²) in [6.45, 7) is 1.41. The Morgan fingerprint density at radius 1 is 1.36 bits per heavy atom. The van der Waals surface area contributed by atoms with E-state index in [4.69, 9.17) is 5.73 Å². The second kappa shape index (κ2) is 5.69. The molecule has 0 unspecified atom stereocenters. The first kappa shape index (κ1) is 12.0. The second-order valence-corrected chi connectivity index (χ2v) is 4.68. The number of rotatable bonds is 5. The molecule has 0 aliphatic heterocycles. The molecule has 0 aromatic rings. The smallest absolute Gasteiger partial charge is 0.0670 e. The van der Waals surface area contributed by atoms with Gasteiger partial charge in [-0.1, -0.05) is 19.3 Å². The Labute approximate surface area is 87.1 Å². The van der Waals surface area contributed by atoms with Crippen molar-refractivity contribution in [2.45, 2.75) is 44.6 Å². The van der Waals surface area contributed by atoms with E-state index in [-0.39, 0.29) is 11.5 Å². The first-order valence-corrected chi connectivity index (χ1v) is 5.75. The Morgan fingerprint density at radius 3 is 2.50 bits per heavy atom. The van der Waals surface area contributed by atoms with Gasteiger partial charge in [0.05, 0.1) is 6.10 Å². The van der Waals surface area contributed by atoms with Crippen LogP contribution in [0.3, 0.4) is 0 Å². The molecule has 0 amide bonds. The molecule has 1 atom stereocenters. The summed E-state index contributed by atoms with van der Waals surface area (Å²) < 4.78 is 0. The highest BCUT2D eigenvalue weighted by Gasteiger charge is 2.32. The fourth-order valence-corrected chi connectivity index (χ4v) is 2.60. The topological polar surface area (TPSA) is 58.3 Å². The molecule has 0 radical (unpaired) electrons. The monoisotopic (exact) mass is 200 g/mol. The van der Waals surface area contributed by atoms with Crippen molar-refractivity contribution in [3.8, 4) is 0 Å². The lowest BCUT2D eigenvalue weighted by atomic mass is 9.70. The lowest BCUT2D eigenvalue weighted by Gasteiger charge is -2.37. The molecule has 3 nitrogen and oxygen atoms in total. The third-order valence-electron chi connectivity index (χ3n) is 3.46. The Hall–Kier alpha value is -0.120. The van der Waals surface area contributed by atoms with Crippen LogP contribution in [-0.2, 0) is 0 Å². The summed E-state index contributed by atoms with van der Waals surface area (Å²) in [5.41, 5.74) is 6.08. The highest BCUT2D eigenvalue weighted by atomic mass is 16.3. The van der Waals surface area contributed by atoms with E-state index in [1.807, 2.05) is 7.05 Å². The van der Waals surface area contributed by atoms with Crippen molar-refractivity contribution < 1.29 is 5.11 Å². The summed E-state index contributed by atoms with van der Waals surface area (Å²) in [5, 5.41) is 12.8. The Bertz CT molecular complexity index is 155. The maximum atomic E-state index is 9.78. The van der Waals surface area contributed by atoms with Crippen LogP contribution >= 0.6 is 0 Å². The molecular formula is C11H24N2O. The summed E-state index contributed by atoms with van der Waals surface area (Å²) in [7, 11) is 1.87. The SMILES string of the molecule is CNC[C@H](O)CC1(CN)CCCCC1. The fourth-order valence-electron chi connectivity index (χ4n) is 2.60. The molecule has 1 aliphatic carbocycles. The van der Waals surface area contributed by atoms with E-state index in [0.717, 1.165) is 13.0 Å². The number of likely N-dealkylation sites (N-methyl/N-ethyl adjacent to an activating group) is 1. The van der Waals surface area contributed by atoms with Gasteiger partial charge in [0.25, 0.3) is 0 Å². The van der Waals surface area contributed by atoms with Gasteiger partial charge in [0.15, 0.2) is 0 Å². The van der Waals surface area contributed by atoms with Gasteiger partial charge in [0.2, 0.25) is 0 Å². The number of aliphatic hydroxyl groups excluding tert-OH is 1. The van der Waals surface area contributed by atoms with E-state index in [1.165, 1.54) is 32.1 Å². The molecule has 84 valence electrons. The molecule has 0 heterocycles. The van der Waals surface area contributed by atoms with Crippen LogP contribution in [0, 0.1) is 5.41 Å². The third kappa shape index (κ3) is 3.23. The summed E-state index contributed by atoms with van der Waals surface area (Å²) in [4.78, 5) is 0. The van der Waals surface area contributed by atoms with Gasteiger partial charge >= 0.3 is 0 Å². The van der Waals surface area contributed by atoms with Gasteiger partial charge in [0, 0.05) is 6.54 Å². The summed E-state index contributed by atoms with van der Waals surface area (Å²) in [6, 6.07) is 0. The van der Waals surface area contributed by atoms with E-state index >= 15 is 0 Å². The zero-order valence-electron chi connectivity index (χ0n) is 9.26. The Balaban J connectivity index is 2.42. The van der Waals surface area contributed by atoms with E-state index in [2.05, 4.69) is 5.32 Å². The Morgan fingerprint density at radius 2 is 2.00 bits per heavy atom. The summed E-state index contributed by atoms with van der Waals surface area (Å²) in [5.74, 6) is 0. The number of nitrogens with two attached hydrogens (primary N) is 1. The van der Waals surface area contributed by atoms with E-state index in [1.54, 1.807) is 0 Å². The summed E-state index contributed by atoms with van der Waals surface area (Å²) >= 11 is 0. The van der Waals surface area contributed by atoms with E-state index < -0.39 is 0 Å². The van der Waals surface area contributed by atoms with Crippen molar-refractivity contribution in [2.75, 3.05) is 20.1 Å². The largest absolute Gasteiger partial charge is 0.392 e. The van der Waals surface area contributed by atoms with Crippen LogP contribution in [-0.4, -0.2) is 31.3 Å². The highest BCUT2D eigenvalue weighted by Crippen LogP contribution is 2.39. The average Bonchev–Trinajstić information content (AvgIpc) is 2.19. The second-order valence-electron chi connectivity index (χ2n) is 4.68. The molecule has 14 heavy (non-hydrogen) atoms. The van der Waals surface area contributed by atoms with Crippen LogP contribution in [0.4, 0.5) is 0 Å². The predicted molar refractivity (Wildman–Crippen MR) is 59.1 cm³/mol. The van der Waals surface area contributed by atoms with Gasteiger partial charge in [0.1, 0.15) is 0 Å². The molecular weight excluding hydrogens is 176 g/mol. The molecule has 1 rings (SSSR count). The van der Waals surface area contributed by atoms with Crippen LogP contribution in [0.25, 0.3) is 0 Å². The van der Waals surface area contributed by atoms with Crippen molar-refractivity contribution in [1.82, 2.24) is 5.32 Å². The molecule has 1 saturated carbocycles. The number of nitrogens with one attached hydrogen (secondary N) is 1.